The van der Waals surface area contributed by atoms with Gasteiger partial charge in [0.15, 0.2) is 5.17 Å². The second-order valence-electron chi connectivity index (χ2n) is 8.09. The van der Waals surface area contributed by atoms with Crippen LogP contribution < -0.4 is 0 Å². The smallest absolute Gasteiger partial charge is 0.413 e. The molecule has 0 aromatic heterocycles. The molecule has 3 rings (SSSR count). The Hall–Kier alpha value is -1.16. The molecule has 154 valence electrons. The molecule has 0 radical (unpaired) electrons. The summed E-state index contributed by atoms with van der Waals surface area (Å²) in [5.74, 6) is 0.0586. The number of halogens is 2. The Morgan fingerprint density at radius 2 is 2.21 bits per heavy atom. The molecule has 2 aliphatic rings. The molecule has 1 saturated heterocycles. The first-order chi connectivity index (χ1) is 13.1. The van der Waals surface area contributed by atoms with Gasteiger partial charge in [-0.3, -0.25) is 4.90 Å². The number of benzene rings is 1. The molecule has 9 heteroatoms. The van der Waals surface area contributed by atoms with Crippen molar-refractivity contribution in [2.45, 2.75) is 44.4 Å². The minimum absolute atomic E-state index is 0.0813. The molecule has 2 aliphatic heterocycles. The van der Waals surface area contributed by atoms with E-state index < -0.39 is 23.0 Å². The Balaban J connectivity index is 2.16. The first-order valence-corrected chi connectivity index (χ1v) is 10.8. The van der Waals surface area contributed by atoms with E-state index in [4.69, 9.17) is 9.73 Å². The van der Waals surface area contributed by atoms with E-state index in [0.29, 0.717) is 27.4 Å². The Kier molecular flexibility index (Phi) is 6.10. The summed E-state index contributed by atoms with van der Waals surface area (Å²) in [6, 6.07) is 4.68. The van der Waals surface area contributed by atoms with Gasteiger partial charge < -0.3 is 14.9 Å². The van der Waals surface area contributed by atoms with Gasteiger partial charge in [-0.15, -0.1) is 0 Å². The molecule has 1 aromatic carbocycles. The summed E-state index contributed by atoms with van der Waals surface area (Å²) in [4.78, 5) is 18.0. The maximum absolute atomic E-state index is 14.9. The van der Waals surface area contributed by atoms with Crippen LogP contribution in [0.1, 0.15) is 32.8 Å². The van der Waals surface area contributed by atoms with E-state index in [-0.39, 0.29) is 25.2 Å². The third-order valence-electron chi connectivity index (χ3n) is 5.12. The van der Waals surface area contributed by atoms with Crippen LogP contribution in [0.25, 0.3) is 0 Å². The molecular weight excluding hydrogens is 451 g/mol. The van der Waals surface area contributed by atoms with Crippen molar-refractivity contribution in [3.63, 3.8) is 0 Å². The molecule has 0 spiro atoms. The SMILES string of the molecule is CC(C)(C)N(C(=O)O)C1=N[C@@]2(c3cc(Br)ccc3F)CO[C@@H](CO)C[C@H]2CS1. The zero-order chi connectivity index (χ0) is 20.7. The van der Waals surface area contributed by atoms with Crippen LogP contribution in [-0.2, 0) is 10.3 Å². The zero-order valence-corrected chi connectivity index (χ0v) is 18.4. The van der Waals surface area contributed by atoms with Crippen molar-refractivity contribution in [2.75, 3.05) is 19.0 Å². The lowest BCUT2D eigenvalue weighted by Gasteiger charge is -2.48. The summed E-state index contributed by atoms with van der Waals surface area (Å²) in [6.07, 6.45) is -0.912. The molecule has 1 fully saturated rings. The van der Waals surface area contributed by atoms with Crippen LogP contribution >= 0.6 is 27.7 Å². The Morgan fingerprint density at radius 1 is 1.50 bits per heavy atom. The summed E-state index contributed by atoms with van der Waals surface area (Å²) in [7, 11) is 0. The first-order valence-electron chi connectivity index (χ1n) is 9.02. The first kappa shape index (κ1) is 21.5. The van der Waals surface area contributed by atoms with E-state index >= 15 is 0 Å². The van der Waals surface area contributed by atoms with E-state index in [2.05, 4.69) is 15.9 Å². The second kappa shape index (κ2) is 7.93. The highest BCUT2D eigenvalue weighted by Gasteiger charge is 2.51. The number of rotatable bonds is 2. The number of amides is 1. The number of ether oxygens (including phenoxy) is 1. The number of nitrogens with zero attached hydrogens (tertiary/aromatic N) is 2. The minimum Gasteiger partial charge on any atom is -0.465 e. The highest BCUT2D eigenvalue weighted by Crippen LogP contribution is 2.48. The monoisotopic (exact) mass is 474 g/mol. The van der Waals surface area contributed by atoms with Gasteiger partial charge in [-0.1, -0.05) is 27.7 Å². The van der Waals surface area contributed by atoms with Gasteiger partial charge in [0.2, 0.25) is 0 Å². The summed E-state index contributed by atoms with van der Waals surface area (Å²) < 4.78 is 21.4. The Bertz CT molecular complexity index is 801. The highest BCUT2D eigenvalue weighted by molar-refractivity contribution is 9.10. The lowest BCUT2D eigenvalue weighted by molar-refractivity contribution is -0.0774. The average Bonchev–Trinajstić information content (AvgIpc) is 2.61. The van der Waals surface area contributed by atoms with Gasteiger partial charge >= 0.3 is 6.09 Å². The molecule has 2 N–H and O–H groups in total. The fourth-order valence-electron chi connectivity index (χ4n) is 3.74. The van der Waals surface area contributed by atoms with Gasteiger partial charge in [0.1, 0.15) is 11.4 Å². The minimum atomic E-state index is -1.10. The van der Waals surface area contributed by atoms with Gasteiger partial charge in [0, 0.05) is 27.2 Å². The average molecular weight is 475 g/mol. The lowest BCUT2D eigenvalue weighted by Crippen LogP contribution is -2.55. The van der Waals surface area contributed by atoms with Crippen molar-refractivity contribution in [1.29, 1.82) is 0 Å². The van der Waals surface area contributed by atoms with Crippen LogP contribution in [0.15, 0.2) is 27.7 Å². The molecular formula is C19H24BrFN2O4S. The molecule has 1 amide bonds. The van der Waals surface area contributed by atoms with Crippen LogP contribution in [0, 0.1) is 11.7 Å². The molecule has 0 unspecified atom stereocenters. The van der Waals surface area contributed by atoms with Crippen LogP contribution in [0.3, 0.4) is 0 Å². The van der Waals surface area contributed by atoms with Crippen LogP contribution in [0.5, 0.6) is 0 Å². The normalized spacial score (nSPS) is 27.7. The number of aliphatic hydroxyl groups excluding tert-OH is 1. The number of aliphatic hydroxyl groups is 1. The van der Waals surface area contributed by atoms with E-state index in [1.54, 1.807) is 32.9 Å². The summed E-state index contributed by atoms with van der Waals surface area (Å²) >= 11 is 4.75. The van der Waals surface area contributed by atoms with E-state index in [0.717, 1.165) is 0 Å². The molecule has 2 heterocycles. The van der Waals surface area contributed by atoms with Crippen molar-refractivity contribution in [2.24, 2.45) is 10.9 Å². The predicted octanol–water partition coefficient (Wildman–Crippen LogP) is 4.06. The fourth-order valence-corrected chi connectivity index (χ4v) is 5.57. The van der Waals surface area contributed by atoms with Gasteiger partial charge in [0.05, 0.1) is 19.3 Å². The van der Waals surface area contributed by atoms with Crippen molar-refractivity contribution < 1.29 is 24.1 Å². The van der Waals surface area contributed by atoms with Crippen molar-refractivity contribution in [3.8, 4) is 0 Å². The van der Waals surface area contributed by atoms with Gasteiger partial charge in [-0.05, 0) is 45.4 Å². The van der Waals surface area contributed by atoms with E-state index in [1.165, 1.54) is 22.7 Å². The molecule has 0 aliphatic carbocycles. The standard InChI is InChI=1S/C19H24BrFN2O4S/c1-18(2,3)23(17(25)26)16-22-19(14-7-12(20)4-5-15(14)21)10-27-13(8-24)6-11(19)9-28-16/h4-5,7,11,13,24H,6,8-10H2,1-3H3,(H,25,26)/t11-,13+,19-/m0/s1. The molecule has 0 bridgehead atoms. The number of amidine groups is 1. The largest absolute Gasteiger partial charge is 0.465 e. The maximum Gasteiger partial charge on any atom is 0.413 e. The number of aliphatic imine (C=N–C) groups is 1. The quantitative estimate of drug-likeness (QED) is 0.674. The van der Waals surface area contributed by atoms with E-state index in [9.17, 15) is 19.4 Å². The second-order valence-corrected chi connectivity index (χ2v) is 9.99. The van der Waals surface area contributed by atoms with Crippen LogP contribution in [0.2, 0.25) is 0 Å². The van der Waals surface area contributed by atoms with Crippen LogP contribution in [-0.4, -0.2) is 57.0 Å². The van der Waals surface area contributed by atoms with Crippen LogP contribution in [0.4, 0.5) is 9.18 Å². The third-order valence-corrected chi connectivity index (χ3v) is 6.72. The number of thioether (sulfide) groups is 1. The lowest BCUT2D eigenvalue weighted by atomic mass is 9.75. The van der Waals surface area contributed by atoms with E-state index in [1.807, 2.05) is 0 Å². The number of carbonyl (C=O) groups is 1. The predicted molar refractivity (Wildman–Crippen MR) is 110 cm³/mol. The van der Waals surface area contributed by atoms with Crippen molar-refractivity contribution in [3.05, 3.63) is 34.1 Å². The van der Waals surface area contributed by atoms with Crippen molar-refractivity contribution in [1.82, 2.24) is 4.90 Å². The number of carboxylic acid groups (broad SMARTS) is 1. The molecule has 28 heavy (non-hydrogen) atoms. The summed E-state index contributed by atoms with van der Waals surface area (Å²) in [5, 5.41) is 19.6. The Morgan fingerprint density at radius 3 is 2.82 bits per heavy atom. The summed E-state index contributed by atoms with van der Waals surface area (Å²) in [5.41, 5.74) is -1.37. The number of fused-ring (bicyclic) bond motifs is 1. The highest BCUT2D eigenvalue weighted by atomic mass is 79.9. The Labute approximate surface area is 176 Å². The third kappa shape index (κ3) is 3.94. The fraction of sp³-hybridized carbons (Fsp3) is 0.579. The molecule has 6 nitrogen and oxygen atoms in total. The number of hydrogen-bond donors (Lipinski definition) is 2. The van der Waals surface area contributed by atoms with Crippen molar-refractivity contribution >= 4 is 39.0 Å². The summed E-state index contributed by atoms with van der Waals surface area (Å²) in [6.45, 7) is 5.35. The zero-order valence-electron chi connectivity index (χ0n) is 16.0. The maximum atomic E-state index is 14.9. The molecule has 1 aromatic rings. The van der Waals surface area contributed by atoms with Gasteiger partial charge in [-0.2, -0.15) is 0 Å². The van der Waals surface area contributed by atoms with Gasteiger partial charge in [0.25, 0.3) is 0 Å². The molecule has 0 saturated carbocycles. The molecule has 3 atom stereocenters. The number of hydrogen-bond acceptors (Lipinski definition) is 5. The topological polar surface area (TPSA) is 82.4 Å². The van der Waals surface area contributed by atoms with Gasteiger partial charge in [-0.25, -0.2) is 14.2 Å².